The number of ether oxygens (including phenoxy) is 1. The minimum Gasteiger partial charge on any atom is -0.482 e. The normalized spacial score (nSPS) is 12.8. The molecule has 1 aliphatic heterocycles. The van der Waals surface area contributed by atoms with Crippen LogP contribution in [0.5, 0.6) is 5.75 Å². The Balaban J connectivity index is 1.34. The summed E-state index contributed by atoms with van der Waals surface area (Å²) < 4.78 is 5.29. The van der Waals surface area contributed by atoms with Crippen molar-refractivity contribution in [1.82, 2.24) is 9.97 Å². The number of carbonyl (C=O) groups excluding carboxylic acids is 2. The van der Waals surface area contributed by atoms with E-state index in [1.807, 2.05) is 6.07 Å². The fourth-order valence-corrected chi connectivity index (χ4v) is 3.05. The predicted octanol–water partition coefficient (Wildman–Crippen LogP) is 2.22. The molecule has 1 aromatic heterocycles. The number of hydrogen-bond donors (Lipinski definition) is 3. The molecule has 0 radical (unpaired) electrons. The van der Waals surface area contributed by atoms with Crippen molar-refractivity contribution in [2.75, 3.05) is 17.2 Å². The average molecular weight is 378 g/mol. The Labute approximate surface area is 159 Å². The molecule has 0 aliphatic carbocycles. The van der Waals surface area contributed by atoms with E-state index in [2.05, 4.69) is 20.6 Å². The summed E-state index contributed by atoms with van der Waals surface area (Å²) in [6.07, 6.45) is 1.30. The first-order valence-electron chi connectivity index (χ1n) is 8.93. The molecular formula is C20H18N4O4. The van der Waals surface area contributed by atoms with Gasteiger partial charge in [0, 0.05) is 18.5 Å². The van der Waals surface area contributed by atoms with E-state index >= 15 is 0 Å². The third kappa shape index (κ3) is 3.85. The Morgan fingerprint density at radius 3 is 2.93 bits per heavy atom. The van der Waals surface area contributed by atoms with Crippen molar-refractivity contribution in [3.05, 3.63) is 58.6 Å². The molecule has 0 bridgehead atoms. The SMILES string of the molecule is O=C(CCCc1nc2ccccc2c(=O)[nH]1)Nc1ccc2c(c1)NC(=O)CO2. The Morgan fingerprint density at radius 1 is 1.18 bits per heavy atom. The molecule has 3 N–H and O–H groups in total. The number of carbonyl (C=O) groups is 2. The van der Waals surface area contributed by atoms with Gasteiger partial charge in [-0.05, 0) is 36.8 Å². The van der Waals surface area contributed by atoms with Crippen LogP contribution in [0, 0.1) is 0 Å². The Kier molecular flexibility index (Phi) is 4.76. The number of aromatic amines is 1. The highest BCUT2D eigenvalue weighted by molar-refractivity contribution is 5.97. The third-order valence-corrected chi connectivity index (χ3v) is 4.38. The quantitative estimate of drug-likeness (QED) is 0.630. The summed E-state index contributed by atoms with van der Waals surface area (Å²) in [6.45, 7) is -0.0103. The highest BCUT2D eigenvalue weighted by atomic mass is 16.5. The zero-order valence-electron chi connectivity index (χ0n) is 15.0. The van der Waals surface area contributed by atoms with Crippen molar-refractivity contribution in [1.29, 1.82) is 0 Å². The van der Waals surface area contributed by atoms with E-state index in [0.717, 1.165) is 0 Å². The van der Waals surface area contributed by atoms with Crippen LogP contribution < -0.4 is 20.9 Å². The van der Waals surface area contributed by atoms with E-state index in [1.54, 1.807) is 36.4 Å². The number of benzene rings is 2. The highest BCUT2D eigenvalue weighted by Gasteiger charge is 2.16. The van der Waals surface area contributed by atoms with Crippen molar-refractivity contribution >= 4 is 34.1 Å². The molecule has 142 valence electrons. The van der Waals surface area contributed by atoms with Crippen LogP contribution in [-0.2, 0) is 16.0 Å². The average Bonchev–Trinajstić information content (AvgIpc) is 2.68. The first kappa shape index (κ1) is 17.7. The number of aromatic nitrogens is 2. The monoisotopic (exact) mass is 378 g/mol. The topological polar surface area (TPSA) is 113 Å². The van der Waals surface area contributed by atoms with Gasteiger partial charge in [0.25, 0.3) is 11.5 Å². The number of para-hydroxylation sites is 1. The fourth-order valence-electron chi connectivity index (χ4n) is 3.05. The first-order chi connectivity index (χ1) is 13.6. The molecule has 1 aliphatic rings. The second-order valence-electron chi connectivity index (χ2n) is 6.48. The Bertz CT molecular complexity index is 1120. The summed E-state index contributed by atoms with van der Waals surface area (Å²) in [5.41, 5.74) is 1.58. The number of anilines is 2. The number of hydrogen-bond acceptors (Lipinski definition) is 5. The van der Waals surface area contributed by atoms with Gasteiger partial charge in [-0.3, -0.25) is 14.4 Å². The maximum Gasteiger partial charge on any atom is 0.262 e. The molecule has 2 heterocycles. The maximum absolute atomic E-state index is 12.2. The summed E-state index contributed by atoms with van der Waals surface area (Å²) in [6, 6.07) is 12.2. The molecular weight excluding hydrogens is 360 g/mol. The number of amides is 2. The molecule has 4 rings (SSSR count). The van der Waals surface area contributed by atoms with Gasteiger partial charge in [-0.1, -0.05) is 12.1 Å². The largest absolute Gasteiger partial charge is 0.482 e. The number of H-pyrrole nitrogens is 1. The van der Waals surface area contributed by atoms with Crippen LogP contribution in [-0.4, -0.2) is 28.4 Å². The van der Waals surface area contributed by atoms with Gasteiger partial charge in [-0.2, -0.15) is 0 Å². The Hall–Kier alpha value is -3.68. The van der Waals surface area contributed by atoms with E-state index in [-0.39, 0.29) is 30.4 Å². The van der Waals surface area contributed by atoms with E-state index in [1.165, 1.54) is 0 Å². The van der Waals surface area contributed by atoms with E-state index in [9.17, 15) is 14.4 Å². The molecule has 0 atom stereocenters. The number of fused-ring (bicyclic) bond motifs is 2. The first-order valence-corrected chi connectivity index (χ1v) is 8.93. The third-order valence-electron chi connectivity index (χ3n) is 4.38. The minimum atomic E-state index is -0.229. The van der Waals surface area contributed by atoms with Gasteiger partial charge in [0.15, 0.2) is 6.61 Å². The highest BCUT2D eigenvalue weighted by Crippen LogP contribution is 2.30. The van der Waals surface area contributed by atoms with Gasteiger partial charge >= 0.3 is 0 Å². The number of nitrogens with zero attached hydrogens (tertiary/aromatic N) is 1. The smallest absolute Gasteiger partial charge is 0.262 e. The molecule has 0 saturated carbocycles. The zero-order valence-corrected chi connectivity index (χ0v) is 15.0. The van der Waals surface area contributed by atoms with Crippen LogP contribution >= 0.6 is 0 Å². The molecule has 3 aromatic rings. The maximum atomic E-state index is 12.2. The number of nitrogens with one attached hydrogen (secondary N) is 3. The molecule has 0 spiro atoms. The molecule has 8 heteroatoms. The number of rotatable bonds is 5. The van der Waals surface area contributed by atoms with Gasteiger partial charge in [-0.25, -0.2) is 4.98 Å². The summed E-state index contributed by atoms with van der Waals surface area (Å²) >= 11 is 0. The van der Waals surface area contributed by atoms with Crippen molar-refractivity contribution in [3.8, 4) is 5.75 Å². The Morgan fingerprint density at radius 2 is 2.04 bits per heavy atom. The lowest BCUT2D eigenvalue weighted by Gasteiger charge is -2.18. The van der Waals surface area contributed by atoms with E-state index in [0.29, 0.717) is 46.7 Å². The van der Waals surface area contributed by atoms with Crippen LogP contribution in [0.25, 0.3) is 10.9 Å². The van der Waals surface area contributed by atoms with Gasteiger partial charge in [0.05, 0.1) is 16.6 Å². The fraction of sp³-hybridized carbons (Fsp3) is 0.200. The van der Waals surface area contributed by atoms with Crippen molar-refractivity contribution in [2.24, 2.45) is 0 Å². The second kappa shape index (κ2) is 7.51. The summed E-state index contributed by atoms with van der Waals surface area (Å²) in [7, 11) is 0. The summed E-state index contributed by atoms with van der Waals surface area (Å²) in [5.74, 6) is 0.744. The molecule has 8 nitrogen and oxygen atoms in total. The van der Waals surface area contributed by atoms with Crippen LogP contribution in [0.15, 0.2) is 47.3 Å². The second-order valence-corrected chi connectivity index (χ2v) is 6.48. The van der Waals surface area contributed by atoms with E-state index < -0.39 is 0 Å². The predicted molar refractivity (Wildman–Crippen MR) is 104 cm³/mol. The van der Waals surface area contributed by atoms with Crippen LogP contribution in [0.2, 0.25) is 0 Å². The molecule has 0 fully saturated rings. The lowest BCUT2D eigenvalue weighted by Crippen LogP contribution is -2.25. The van der Waals surface area contributed by atoms with Crippen LogP contribution in [0.1, 0.15) is 18.7 Å². The molecule has 0 unspecified atom stereocenters. The molecule has 28 heavy (non-hydrogen) atoms. The standard InChI is InChI=1S/C20H18N4O4/c25-18(21-12-8-9-16-15(10-12)23-19(26)11-28-16)7-3-6-17-22-14-5-2-1-4-13(14)20(27)24-17/h1-2,4-5,8-10H,3,6-7,11H2,(H,21,25)(H,23,26)(H,22,24,27). The zero-order chi connectivity index (χ0) is 19.5. The minimum absolute atomic E-state index is 0.0103. The van der Waals surface area contributed by atoms with Crippen molar-refractivity contribution in [2.45, 2.75) is 19.3 Å². The summed E-state index contributed by atoms with van der Waals surface area (Å²) in [5, 5.41) is 6.05. The van der Waals surface area contributed by atoms with Gasteiger partial charge in [-0.15, -0.1) is 0 Å². The van der Waals surface area contributed by atoms with Gasteiger partial charge in [0.1, 0.15) is 11.6 Å². The molecule has 0 saturated heterocycles. The molecule has 2 amide bonds. The summed E-state index contributed by atoms with van der Waals surface area (Å²) in [4.78, 5) is 42.8. The van der Waals surface area contributed by atoms with E-state index in [4.69, 9.17) is 4.74 Å². The van der Waals surface area contributed by atoms with Crippen LogP contribution in [0.4, 0.5) is 11.4 Å². The number of aryl methyl sites for hydroxylation is 1. The lowest BCUT2D eigenvalue weighted by molar-refractivity contribution is -0.118. The van der Waals surface area contributed by atoms with Crippen LogP contribution in [0.3, 0.4) is 0 Å². The van der Waals surface area contributed by atoms with Crippen molar-refractivity contribution < 1.29 is 14.3 Å². The van der Waals surface area contributed by atoms with Gasteiger partial charge in [0.2, 0.25) is 5.91 Å². The van der Waals surface area contributed by atoms with Gasteiger partial charge < -0.3 is 20.4 Å². The van der Waals surface area contributed by atoms with Crippen molar-refractivity contribution in [3.63, 3.8) is 0 Å². The lowest BCUT2D eigenvalue weighted by atomic mass is 10.2. The molecule has 2 aromatic carbocycles.